The van der Waals surface area contributed by atoms with Gasteiger partial charge in [0.05, 0.1) is 0 Å². The molecule has 1 aromatic heterocycles. The maximum Gasteiger partial charge on any atom is 0.204 e. The monoisotopic (exact) mass is 228 g/mol. The zero-order chi connectivity index (χ0) is 11.7. The van der Waals surface area contributed by atoms with E-state index in [9.17, 15) is 4.79 Å². The second kappa shape index (κ2) is 4.14. The first-order chi connectivity index (χ1) is 8.36. The molecule has 3 rings (SSSR count). The van der Waals surface area contributed by atoms with Gasteiger partial charge in [-0.3, -0.25) is 9.69 Å². The summed E-state index contributed by atoms with van der Waals surface area (Å²) in [5.74, 6) is 0.371. The molecule has 86 valence electrons. The molecule has 0 bridgehead atoms. The summed E-state index contributed by atoms with van der Waals surface area (Å²) in [6.07, 6.45) is 0.734. The maximum absolute atomic E-state index is 10.7. The van der Waals surface area contributed by atoms with Crippen LogP contribution in [0.25, 0.3) is 0 Å². The summed E-state index contributed by atoms with van der Waals surface area (Å²) >= 11 is 0. The molecule has 0 amide bonds. The van der Waals surface area contributed by atoms with E-state index in [2.05, 4.69) is 22.2 Å². The van der Waals surface area contributed by atoms with Crippen molar-refractivity contribution in [1.29, 1.82) is 0 Å². The largest absolute Gasteiger partial charge is 0.353 e. The van der Waals surface area contributed by atoms with Crippen molar-refractivity contribution in [3.63, 3.8) is 0 Å². The van der Waals surface area contributed by atoms with E-state index in [1.54, 1.807) is 0 Å². The van der Waals surface area contributed by atoms with Gasteiger partial charge in [0.25, 0.3) is 0 Å². The highest BCUT2D eigenvalue weighted by Crippen LogP contribution is 2.25. The van der Waals surface area contributed by atoms with Crippen LogP contribution in [0.3, 0.4) is 0 Å². The molecule has 0 N–H and O–H groups in total. The Morgan fingerprint density at radius 1 is 1.29 bits per heavy atom. The van der Waals surface area contributed by atoms with Gasteiger partial charge in [0.2, 0.25) is 5.76 Å². The van der Waals surface area contributed by atoms with E-state index in [1.165, 1.54) is 5.56 Å². The number of hydrogen-bond acceptors (Lipinski definition) is 4. The van der Waals surface area contributed by atoms with Crippen LogP contribution in [0.15, 0.2) is 34.9 Å². The molecule has 4 nitrogen and oxygen atoms in total. The van der Waals surface area contributed by atoms with Gasteiger partial charge in [-0.15, -0.1) is 0 Å². The Labute approximate surface area is 98.8 Å². The molecule has 0 saturated carbocycles. The predicted molar refractivity (Wildman–Crippen MR) is 61.3 cm³/mol. The zero-order valence-corrected chi connectivity index (χ0v) is 9.30. The number of rotatable bonds is 3. The van der Waals surface area contributed by atoms with E-state index in [-0.39, 0.29) is 0 Å². The van der Waals surface area contributed by atoms with Crippen molar-refractivity contribution in [2.75, 3.05) is 0 Å². The van der Waals surface area contributed by atoms with Crippen LogP contribution >= 0.6 is 0 Å². The van der Waals surface area contributed by atoms with Crippen LogP contribution in [0.4, 0.5) is 0 Å². The first-order valence-corrected chi connectivity index (χ1v) is 5.55. The summed E-state index contributed by atoms with van der Waals surface area (Å²) in [5.41, 5.74) is 3.10. The molecule has 0 spiro atoms. The van der Waals surface area contributed by atoms with Gasteiger partial charge >= 0.3 is 0 Å². The average Bonchev–Trinajstić information content (AvgIpc) is 2.89. The highest BCUT2D eigenvalue weighted by atomic mass is 16.5. The topological polar surface area (TPSA) is 46.3 Å². The smallest absolute Gasteiger partial charge is 0.204 e. The van der Waals surface area contributed by atoms with Gasteiger partial charge in [0.15, 0.2) is 6.29 Å². The van der Waals surface area contributed by atoms with Crippen LogP contribution in [-0.2, 0) is 19.6 Å². The van der Waals surface area contributed by atoms with Crippen molar-refractivity contribution in [3.8, 4) is 0 Å². The number of fused-ring (bicyclic) bond motifs is 1. The Balaban J connectivity index is 1.74. The van der Waals surface area contributed by atoms with Crippen molar-refractivity contribution in [2.24, 2.45) is 0 Å². The van der Waals surface area contributed by atoms with E-state index in [0.717, 1.165) is 37.2 Å². The standard InChI is InChI=1S/C13H12N2O2/c16-9-13-11-7-15(8-12(11)14-17-13)6-10-4-2-1-3-5-10/h1-5,9H,6-8H2. The van der Waals surface area contributed by atoms with Crippen LogP contribution in [0.5, 0.6) is 0 Å². The molecule has 2 aromatic rings. The Morgan fingerprint density at radius 3 is 2.88 bits per heavy atom. The maximum atomic E-state index is 10.7. The van der Waals surface area contributed by atoms with E-state index in [1.807, 2.05) is 18.2 Å². The second-order valence-corrected chi connectivity index (χ2v) is 4.22. The molecule has 4 heteroatoms. The fourth-order valence-electron chi connectivity index (χ4n) is 2.19. The third-order valence-electron chi connectivity index (χ3n) is 3.01. The second-order valence-electron chi connectivity index (χ2n) is 4.22. The molecule has 0 atom stereocenters. The fourth-order valence-corrected chi connectivity index (χ4v) is 2.19. The van der Waals surface area contributed by atoms with Gasteiger partial charge in [0, 0.05) is 25.2 Å². The summed E-state index contributed by atoms with van der Waals surface area (Å²) in [4.78, 5) is 13.0. The van der Waals surface area contributed by atoms with Gasteiger partial charge < -0.3 is 4.52 Å². The predicted octanol–water partition coefficient (Wildman–Crippen LogP) is 2.00. The lowest BCUT2D eigenvalue weighted by Gasteiger charge is -2.14. The molecule has 1 aliphatic heterocycles. The molecule has 17 heavy (non-hydrogen) atoms. The van der Waals surface area contributed by atoms with E-state index in [4.69, 9.17) is 4.52 Å². The van der Waals surface area contributed by atoms with Crippen LogP contribution in [-0.4, -0.2) is 16.3 Å². The highest BCUT2D eigenvalue weighted by Gasteiger charge is 2.26. The highest BCUT2D eigenvalue weighted by molar-refractivity contribution is 5.73. The summed E-state index contributed by atoms with van der Waals surface area (Å²) in [6.45, 7) is 2.36. The lowest BCUT2D eigenvalue weighted by molar-refractivity contribution is 0.108. The lowest BCUT2D eigenvalue weighted by atomic mass is 10.2. The lowest BCUT2D eigenvalue weighted by Crippen LogP contribution is -2.16. The minimum Gasteiger partial charge on any atom is -0.353 e. The third-order valence-corrected chi connectivity index (χ3v) is 3.01. The van der Waals surface area contributed by atoms with Crippen LogP contribution in [0.1, 0.15) is 27.4 Å². The van der Waals surface area contributed by atoms with Crippen LogP contribution in [0, 0.1) is 0 Å². The third kappa shape index (κ3) is 1.87. The van der Waals surface area contributed by atoms with Crippen molar-refractivity contribution >= 4 is 6.29 Å². The van der Waals surface area contributed by atoms with Gasteiger partial charge in [0.1, 0.15) is 5.69 Å². The number of carbonyl (C=O) groups excluding carboxylic acids is 1. The first-order valence-electron chi connectivity index (χ1n) is 5.55. The van der Waals surface area contributed by atoms with E-state index >= 15 is 0 Å². The molecule has 0 fully saturated rings. The number of aromatic nitrogens is 1. The molecular formula is C13H12N2O2. The number of carbonyl (C=O) groups is 1. The van der Waals surface area contributed by atoms with Crippen molar-refractivity contribution in [1.82, 2.24) is 10.1 Å². The molecule has 2 heterocycles. The summed E-state index contributed by atoms with van der Waals surface area (Å²) in [7, 11) is 0. The quantitative estimate of drug-likeness (QED) is 0.754. The summed E-state index contributed by atoms with van der Waals surface area (Å²) in [6, 6.07) is 10.3. The number of benzene rings is 1. The fraction of sp³-hybridized carbons (Fsp3) is 0.231. The van der Waals surface area contributed by atoms with Gasteiger partial charge in [-0.2, -0.15) is 0 Å². The van der Waals surface area contributed by atoms with Gasteiger partial charge in [-0.25, -0.2) is 0 Å². The van der Waals surface area contributed by atoms with E-state index in [0.29, 0.717) is 5.76 Å². The molecule has 0 unspecified atom stereocenters. The number of aldehydes is 1. The Hall–Kier alpha value is -1.94. The zero-order valence-electron chi connectivity index (χ0n) is 9.30. The molecule has 0 aliphatic carbocycles. The Morgan fingerprint density at radius 2 is 2.12 bits per heavy atom. The number of hydrogen-bond donors (Lipinski definition) is 0. The van der Waals surface area contributed by atoms with Crippen molar-refractivity contribution < 1.29 is 9.32 Å². The molecular weight excluding hydrogens is 216 g/mol. The number of nitrogens with zero attached hydrogens (tertiary/aromatic N) is 2. The molecule has 0 radical (unpaired) electrons. The minimum atomic E-state index is 0.371. The van der Waals surface area contributed by atoms with Gasteiger partial charge in [-0.1, -0.05) is 35.5 Å². The molecule has 1 aromatic carbocycles. The first kappa shape index (κ1) is 10.2. The molecule has 1 aliphatic rings. The summed E-state index contributed by atoms with van der Waals surface area (Å²) < 4.78 is 4.94. The van der Waals surface area contributed by atoms with E-state index < -0.39 is 0 Å². The minimum absolute atomic E-state index is 0.371. The normalized spacial score (nSPS) is 14.8. The Bertz CT molecular complexity index is 534. The SMILES string of the molecule is O=Cc1onc2c1CN(Cc1ccccc1)C2. The van der Waals surface area contributed by atoms with Crippen molar-refractivity contribution in [2.45, 2.75) is 19.6 Å². The molecule has 0 saturated heterocycles. The summed E-state index contributed by atoms with van der Waals surface area (Å²) in [5, 5.41) is 3.91. The van der Waals surface area contributed by atoms with Gasteiger partial charge in [-0.05, 0) is 5.56 Å². The van der Waals surface area contributed by atoms with Crippen molar-refractivity contribution in [3.05, 3.63) is 52.9 Å². The van der Waals surface area contributed by atoms with Crippen LogP contribution < -0.4 is 0 Å². The Kier molecular flexibility index (Phi) is 2.49. The average molecular weight is 228 g/mol. The van der Waals surface area contributed by atoms with Crippen LogP contribution in [0.2, 0.25) is 0 Å².